The average molecular weight is 283 g/mol. The van der Waals surface area contributed by atoms with Gasteiger partial charge in [-0.3, -0.25) is 9.80 Å². The van der Waals surface area contributed by atoms with Gasteiger partial charge in [0.2, 0.25) is 0 Å². The van der Waals surface area contributed by atoms with Crippen molar-refractivity contribution in [1.82, 2.24) is 15.1 Å². The van der Waals surface area contributed by atoms with Crippen molar-refractivity contribution in [2.75, 3.05) is 53.0 Å². The van der Waals surface area contributed by atoms with Crippen LogP contribution in [-0.2, 0) is 4.74 Å². The molecule has 0 bridgehead atoms. The Morgan fingerprint density at radius 3 is 2.50 bits per heavy atom. The topological polar surface area (TPSA) is 27.7 Å². The molecule has 20 heavy (non-hydrogen) atoms. The van der Waals surface area contributed by atoms with E-state index in [9.17, 15) is 0 Å². The van der Waals surface area contributed by atoms with Crippen LogP contribution in [0.3, 0.4) is 0 Å². The van der Waals surface area contributed by atoms with Crippen LogP contribution < -0.4 is 5.32 Å². The van der Waals surface area contributed by atoms with E-state index in [1.807, 2.05) is 0 Å². The molecule has 1 aliphatic heterocycles. The van der Waals surface area contributed by atoms with Crippen molar-refractivity contribution in [1.29, 1.82) is 0 Å². The maximum atomic E-state index is 5.32. The molecule has 0 aromatic carbocycles. The second-order valence-electron chi connectivity index (χ2n) is 7.09. The van der Waals surface area contributed by atoms with Crippen LogP contribution in [0.2, 0.25) is 0 Å². The van der Waals surface area contributed by atoms with Gasteiger partial charge in [0.25, 0.3) is 0 Å². The molecular weight excluding hydrogens is 250 g/mol. The van der Waals surface area contributed by atoms with Gasteiger partial charge in [0.15, 0.2) is 0 Å². The number of hydrogen-bond donors (Lipinski definition) is 1. The molecule has 0 spiro atoms. The molecule has 1 unspecified atom stereocenters. The van der Waals surface area contributed by atoms with Crippen molar-refractivity contribution >= 4 is 0 Å². The lowest BCUT2D eigenvalue weighted by Crippen LogP contribution is -2.59. The summed E-state index contributed by atoms with van der Waals surface area (Å²) >= 11 is 0. The fraction of sp³-hybridized carbons (Fsp3) is 1.00. The van der Waals surface area contributed by atoms with E-state index < -0.39 is 0 Å². The van der Waals surface area contributed by atoms with E-state index in [1.165, 1.54) is 25.9 Å². The summed E-state index contributed by atoms with van der Waals surface area (Å²) in [5, 5.41) is 3.45. The van der Waals surface area contributed by atoms with Crippen LogP contribution in [0.25, 0.3) is 0 Å². The highest BCUT2D eigenvalue weighted by Gasteiger charge is 2.36. The molecular formula is C16H33N3O. The Hall–Kier alpha value is -0.160. The van der Waals surface area contributed by atoms with Gasteiger partial charge in [-0.05, 0) is 39.5 Å². The van der Waals surface area contributed by atoms with Crippen molar-refractivity contribution in [2.24, 2.45) is 5.92 Å². The highest BCUT2D eigenvalue weighted by Crippen LogP contribution is 2.35. The molecule has 4 heteroatoms. The van der Waals surface area contributed by atoms with Crippen LogP contribution in [-0.4, -0.2) is 74.4 Å². The summed E-state index contributed by atoms with van der Waals surface area (Å²) < 4.78 is 5.32. The maximum absolute atomic E-state index is 5.32. The summed E-state index contributed by atoms with van der Waals surface area (Å²) in [4.78, 5) is 5.30. The van der Waals surface area contributed by atoms with Crippen LogP contribution in [0.15, 0.2) is 0 Å². The lowest BCUT2D eigenvalue weighted by atomic mass is 9.99. The van der Waals surface area contributed by atoms with Crippen LogP contribution in [0, 0.1) is 5.92 Å². The summed E-state index contributed by atoms with van der Waals surface area (Å²) in [5.41, 5.74) is 0.249. The van der Waals surface area contributed by atoms with Crippen molar-refractivity contribution in [3.63, 3.8) is 0 Å². The Balaban J connectivity index is 1.93. The third kappa shape index (κ3) is 4.42. The molecule has 1 atom stereocenters. The summed E-state index contributed by atoms with van der Waals surface area (Å²) in [6.07, 6.45) is 2.83. The Morgan fingerprint density at radius 1 is 1.30 bits per heavy atom. The summed E-state index contributed by atoms with van der Waals surface area (Å²) in [5.74, 6) is 0.922. The average Bonchev–Trinajstić information content (AvgIpc) is 3.28. The minimum Gasteiger partial charge on any atom is -0.383 e. The molecule has 2 aliphatic rings. The molecule has 0 aromatic rings. The highest BCUT2D eigenvalue weighted by atomic mass is 16.5. The van der Waals surface area contributed by atoms with Crippen LogP contribution in [0.5, 0.6) is 0 Å². The van der Waals surface area contributed by atoms with E-state index in [0.29, 0.717) is 6.04 Å². The third-order valence-electron chi connectivity index (χ3n) is 5.03. The molecule has 0 aromatic heterocycles. The lowest BCUT2D eigenvalue weighted by molar-refractivity contribution is 0.0333. The van der Waals surface area contributed by atoms with Gasteiger partial charge in [0, 0.05) is 58.0 Å². The first kappa shape index (κ1) is 16.2. The number of methoxy groups -OCH3 is 1. The first-order valence-electron chi connectivity index (χ1n) is 8.23. The normalized spacial score (nSPS) is 23.2. The Morgan fingerprint density at radius 2 is 1.95 bits per heavy atom. The summed E-state index contributed by atoms with van der Waals surface area (Å²) in [7, 11) is 1.81. The first-order valence-corrected chi connectivity index (χ1v) is 8.23. The largest absolute Gasteiger partial charge is 0.383 e. The predicted octanol–water partition coefficient (Wildman–Crippen LogP) is 1.42. The van der Waals surface area contributed by atoms with Gasteiger partial charge in [-0.2, -0.15) is 0 Å². The Kier molecular flexibility index (Phi) is 5.84. The molecule has 1 saturated carbocycles. The van der Waals surface area contributed by atoms with Crippen molar-refractivity contribution in [2.45, 2.75) is 45.2 Å². The molecule has 2 fully saturated rings. The number of hydrogen-bond acceptors (Lipinski definition) is 4. The van der Waals surface area contributed by atoms with Crippen molar-refractivity contribution < 1.29 is 4.74 Å². The predicted molar refractivity (Wildman–Crippen MR) is 84.2 cm³/mol. The second-order valence-corrected chi connectivity index (χ2v) is 7.09. The van der Waals surface area contributed by atoms with E-state index in [-0.39, 0.29) is 5.54 Å². The molecule has 118 valence electrons. The van der Waals surface area contributed by atoms with Crippen molar-refractivity contribution in [3.05, 3.63) is 0 Å². The van der Waals surface area contributed by atoms with E-state index >= 15 is 0 Å². The zero-order chi connectivity index (χ0) is 14.6. The van der Waals surface area contributed by atoms with Gasteiger partial charge in [0.1, 0.15) is 0 Å². The van der Waals surface area contributed by atoms with Crippen LogP contribution >= 0.6 is 0 Å². The van der Waals surface area contributed by atoms with Gasteiger partial charge in [0.05, 0.1) is 6.61 Å². The fourth-order valence-corrected chi connectivity index (χ4v) is 3.38. The van der Waals surface area contributed by atoms with E-state index in [4.69, 9.17) is 4.74 Å². The second kappa shape index (κ2) is 7.21. The van der Waals surface area contributed by atoms with Crippen LogP contribution in [0.1, 0.15) is 33.6 Å². The number of ether oxygens (including phenoxy) is 1. The third-order valence-corrected chi connectivity index (χ3v) is 5.03. The Bertz CT molecular complexity index is 285. The molecule has 1 aliphatic carbocycles. The molecule has 1 heterocycles. The number of nitrogens with one attached hydrogen (secondary N) is 1. The Labute approximate surface area is 124 Å². The quantitative estimate of drug-likeness (QED) is 0.729. The van der Waals surface area contributed by atoms with Gasteiger partial charge in [-0.15, -0.1) is 0 Å². The van der Waals surface area contributed by atoms with E-state index in [2.05, 4.69) is 35.9 Å². The van der Waals surface area contributed by atoms with Gasteiger partial charge in [-0.25, -0.2) is 0 Å². The van der Waals surface area contributed by atoms with Gasteiger partial charge >= 0.3 is 0 Å². The molecule has 4 nitrogen and oxygen atoms in total. The molecule has 1 saturated heterocycles. The maximum Gasteiger partial charge on any atom is 0.0589 e. The van der Waals surface area contributed by atoms with E-state index in [0.717, 1.165) is 38.7 Å². The van der Waals surface area contributed by atoms with Crippen LogP contribution in [0.4, 0.5) is 0 Å². The zero-order valence-electron chi connectivity index (χ0n) is 13.8. The van der Waals surface area contributed by atoms with Gasteiger partial charge in [-0.1, -0.05) is 0 Å². The SMILES string of the molecule is COCCN(CC(C)(C)N1CCNCC1)C(C)C1CC1. The fourth-order valence-electron chi connectivity index (χ4n) is 3.38. The summed E-state index contributed by atoms with van der Waals surface area (Å²) in [6, 6.07) is 0.701. The molecule has 0 amide bonds. The smallest absolute Gasteiger partial charge is 0.0589 e. The summed E-state index contributed by atoms with van der Waals surface area (Å²) in [6.45, 7) is 14.8. The zero-order valence-corrected chi connectivity index (χ0v) is 13.8. The number of rotatable bonds is 8. The van der Waals surface area contributed by atoms with Crippen molar-refractivity contribution in [3.8, 4) is 0 Å². The standard InChI is InChI=1S/C16H33N3O/c1-14(15-5-6-15)18(11-12-20-4)13-16(2,3)19-9-7-17-8-10-19/h14-15,17H,5-13H2,1-4H3. The monoisotopic (exact) mass is 283 g/mol. The minimum atomic E-state index is 0.249. The van der Waals surface area contributed by atoms with E-state index in [1.54, 1.807) is 7.11 Å². The molecule has 1 N–H and O–H groups in total. The molecule has 0 radical (unpaired) electrons. The number of nitrogens with zero attached hydrogens (tertiary/aromatic N) is 2. The highest BCUT2D eigenvalue weighted by molar-refractivity contribution is 4.92. The lowest BCUT2D eigenvalue weighted by Gasteiger charge is -2.45. The minimum absolute atomic E-state index is 0.249. The molecule has 2 rings (SSSR count). The number of piperazine rings is 1. The van der Waals surface area contributed by atoms with Gasteiger partial charge < -0.3 is 10.1 Å². The first-order chi connectivity index (χ1) is 9.54.